The number of rotatable bonds is 3. The summed E-state index contributed by atoms with van der Waals surface area (Å²) < 4.78 is 22.6. The molecular weight excluding hydrogens is 459 g/mol. The zero-order valence-corrected chi connectivity index (χ0v) is 19.5. The van der Waals surface area contributed by atoms with Gasteiger partial charge in [0.25, 0.3) is 5.91 Å². The highest BCUT2D eigenvalue weighted by molar-refractivity contribution is 5.98. The summed E-state index contributed by atoms with van der Waals surface area (Å²) in [4.78, 5) is 23.2. The lowest BCUT2D eigenvalue weighted by atomic mass is 10.0. The number of ether oxygens (including phenoxy) is 1. The van der Waals surface area contributed by atoms with E-state index in [1.54, 1.807) is 24.0 Å². The van der Waals surface area contributed by atoms with Crippen molar-refractivity contribution in [2.24, 2.45) is 5.41 Å². The minimum absolute atomic E-state index is 0.0743. The van der Waals surface area contributed by atoms with E-state index in [4.69, 9.17) is 15.7 Å². The lowest BCUT2D eigenvalue weighted by Crippen LogP contribution is -2.32. The quantitative estimate of drug-likeness (QED) is 0.446. The number of amides is 1. The Morgan fingerprint density at radius 3 is 2.94 bits per heavy atom. The number of hydrogen-bond acceptors (Lipinski definition) is 6. The van der Waals surface area contributed by atoms with Gasteiger partial charge in [0, 0.05) is 29.7 Å². The van der Waals surface area contributed by atoms with Gasteiger partial charge in [0.15, 0.2) is 0 Å². The third-order valence-electron chi connectivity index (χ3n) is 7.00. The van der Waals surface area contributed by atoms with Crippen LogP contribution in [0.1, 0.15) is 46.8 Å². The maximum atomic E-state index is 15.0. The molecule has 6 rings (SSSR count). The molecule has 36 heavy (non-hydrogen) atoms. The number of hydrogen-bond donors (Lipinski definition) is 1. The summed E-state index contributed by atoms with van der Waals surface area (Å²) in [5, 5.41) is 8.99. The number of carbonyl (C=O) groups is 1. The molecule has 2 aromatic heterocycles. The molecule has 0 spiro atoms. The number of benzene rings is 2. The van der Waals surface area contributed by atoms with Crippen LogP contribution in [0, 0.1) is 34.4 Å². The molecular formula is C27H21FN6O2. The number of nitrogens with two attached hydrogens (primary N) is 1. The van der Waals surface area contributed by atoms with E-state index in [1.165, 1.54) is 17.0 Å². The minimum atomic E-state index is -0.679. The Kier molecular flexibility index (Phi) is 4.84. The standard InChI is InChI=1S/C27H21FN6O2/c1-33(23-14-36-24-10-16(2-3-17(23)24)4-5-27(6-7-27)8-9-29)26(35)18-11-21-20(12-19(18)28)32-25(30)22-13-31-15-34(21)22/h2-3,10-13,15,23H,6-8,14H2,1H3,(H2,30,32)/t23-/m1/s1. The van der Waals surface area contributed by atoms with Gasteiger partial charge in [-0.3, -0.25) is 9.20 Å². The molecule has 2 aliphatic rings. The number of nitrogens with zero attached hydrogens (tertiary/aromatic N) is 5. The SMILES string of the molecule is CN(C(=O)c1cc2c(cc1F)nc(N)c1cncn12)[C@@H]1COc2cc(C#CC3(CC#N)CC3)ccc21. The van der Waals surface area contributed by atoms with Gasteiger partial charge in [0.2, 0.25) is 0 Å². The summed E-state index contributed by atoms with van der Waals surface area (Å²) in [5.74, 6) is 6.12. The number of anilines is 1. The predicted octanol–water partition coefficient (Wildman–Crippen LogP) is 3.85. The molecule has 0 saturated heterocycles. The van der Waals surface area contributed by atoms with Crippen LogP contribution in [0.4, 0.5) is 10.2 Å². The van der Waals surface area contributed by atoms with Crippen LogP contribution in [-0.4, -0.2) is 38.8 Å². The largest absolute Gasteiger partial charge is 0.491 e. The summed E-state index contributed by atoms with van der Waals surface area (Å²) in [6.45, 7) is 0.256. The van der Waals surface area contributed by atoms with Crippen molar-refractivity contribution in [1.29, 1.82) is 5.26 Å². The number of nitriles is 1. The van der Waals surface area contributed by atoms with Crippen LogP contribution >= 0.6 is 0 Å². The van der Waals surface area contributed by atoms with E-state index in [1.807, 2.05) is 18.2 Å². The van der Waals surface area contributed by atoms with Crippen molar-refractivity contribution in [2.75, 3.05) is 19.4 Å². The van der Waals surface area contributed by atoms with Gasteiger partial charge in [-0.2, -0.15) is 5.26 Å². The van der Waals surface area contributed by atoms with Crippen LogP contribution in [0.5, 0.6) is 5.75 Å². The molecule has 1 atom stereocenters. The molecule has 178 valence electrons. The van der Waals surface area contributed by atoms with E-state index >= 15 is 4.39 Å². The lowest BCUT2D eigenvalue weighted by molar-refractivity contribution is 0.0704. The van der Waals surface area contributed by atoms with Crippen molar-refractivity contribution in [3.05, 3.63) is 65.4 Å². The molecule has 3 heterocycles. The van der Waals surface area contributed by atoms with E-state index in [0.29, 0.717) is 28.7 Å². The van der Waals surface area contributed by atoms with Crippen LogP contribution in [0.15, 0.2) is 42.9 Å². The van der Waals surface area contributed by atoms with Crippen molar-refractivity contribution < 1.29 is 13.9 Å². The Bertz CT molecular complexity index is 1670. The number of halogens is 1. The number of likely N-dealkylation sites (N-methyl/N-ethyl adjacent to an activating group) is 1. The Labute approximate surface area is 206 Å². The Morgan fingerprint density at radius 2 is 2.17 bits per heavy atom. The number of nitrogen functional groups attached to an aromatic ring is 1. The molecule has 4 aromatic rings. The maximum Gasteiger partial charge on any atom is 0.257 e. The highest BCUT2D eigenvalue weighted by atomic mass is 19.1. The molecule has 0 bridgehead atoms. The number of carbonyl (C=O) groups excluding carboxylic acids is 1. The first-order chi connectivity index (χ1) is 17.4. The van der Waals surface area contributed by atoms with Gasteiger partial charge in [-0.05, 0) is 31.0 Å². The molecule has 1 saturated carbocycles. The molecule has 2 aromatic carbocycles. The van der Waals surface area contributed by atoms with Gasteiger partial charge in [-0.25, -0.2) is 14.4 Å². The highest BCUT2D eigenvalue weighted by Crippen LogP contribution is 2.48. The first kappa shape index (κ1) is 21.9. The summed E-state index contributed by atoms with van der Waals surface area (Å²) in [6.07, 6.45) is 5.46. The van der Waals surface area contributed by atoms with Crippen molar-refractivity contribution in [3.8, 4) is 23.7 Å². The summed E-state index contributed by atoms with van der Waals surface area (Å²) in [6, 6.07) is 10.2. The molecule has 8 nitrogen and oxygen atoms in total. The second-order valence-corrected chi connectivity index (χ2v) is 9.33. The Hall–Kier alpha value is -4.63. The normalized spacial score (nSPS) is 17.1. The van der Waals surface area contributed by atoms with Gasteiger partial charge >= 0.3 is 0 Å². The molecule has 2 N–H and O–H groups in total. The molecule has 1 fully saturated rings. The molecule has 1 amide bonds. The Morgan fingerprint density at radius 1 is 1.33 bits per heavy atom. The molecule has 1 aliphatic heterocycles. The van der Waals surface area contributed by atoms with Gasteiger partial charge in [0.1, 0.15) is 29.5 Å². The summed E-state index contributed by atoms with van der Waals surface area (Å²) in [5.41, 5.74) is 8.79. The van der Waals surface area contributed by atoms with Gasteiger partial charge in [-0.15, -0.1) is 0 Å². The van der Waals surface area contributed by atoms with Crippen LogP contribution in [-0.2, 0) is 0 Å². The third-order valence-corrected chi connectivity index (χ3v) is 7.00. The lowest BCUT2D eigenvalue weighted by Gasteiger charge is -2.24. The molecule has 0 unspecified atom stereocenters. The van der Waals surface area contributed by atoms with Gasteiger partial charge in [-0.1, -0.05) is 17.9 Å². The first-order valence-corrected chi connectivity index (χ1v) is 11.5. The maximum absolute atomic E-state index is 15.0. The topological polar surface area (TPSA) is 110 Å². The van der Waals surface area contributed by atoms with E-state index in [0.717, 1.165) is 24.0 Å². The monoisotopic (exact) mass is 480 g/mol. The smallest absolute Gasteiger partial charge is 0.257 e. The molecule has 1 aliphatic carbocycles. The van der Waals surface area contributed by atoms with E-state index in [-0.39, 0.29) is 29.4 Å². The summed E-state index contributed by atoms with van der Waals surface area (Å²) >= 11 is 0. The fraction of sp³-hybridized carbons (Fsp3) is 0.259. The zero-order chi connectivity index (χ0) is 25.0. The number of fused-ring (bicyclic) bond motifs is 4. The minimum Gasteiger partial charge on any atom is -0.491 e. The highest BCUT2D eigenvalue weighted by Gasteiger charge is 2.41. The molecule has 9 heteroatoms. The zero-order valence-electron chi connectivity index (χ0n) is 19.5. The van der Waals surface area contributed by atoms with E-state index in [9.17, 15) is 4.79 Å². The summed E-state index contributed by atoms with van der Waals surface area (Å²) in [7, 11) is 1.63. The van der Waals surface area contributed by atoms with Crippen molar-refractivity contribution >= 4 is 28.3 Å². The van der Waals surface area contributed by atoms with Crippen molar-refractivity contribution in [3.63, 3.8) is 0 Å². The average molecular weight is 481 g/mol. The van der Waals surface area contributed by atoms with Crippen LogP contribution < -0.4 is 10.5 Å². The van der Waals surface area contributed by atoms with E-state index < -0.39 is 11.7 Å². The second kappa shape index (κ2) is 7.96. The van der Waals surface area contributed by atoms with Crippen LogP contribution in [0.2, 0.25) is 0 Å². The van der Waals surface area contributed by atoms with E-state index in [2.05, 4.69) is 27.9 Å². The van der Waals surface area contributed by atoms with Crippen LogP contribution in [0.3, 0.4) is 0 Å². The van der Waals surface area contributed by atoms with Gasteiger partial charge in [0.05, 0.1) is 47.7 Å². The van der Waals surface area contributed by atoms with Crippen molar-refractivity contribution in [2.45, 2.75) is 25.3 Å². The van der Waals surface area contributed by atoms with Crippen LogP contribution in [0.25, 0.3) is 16.6 Å². The number of aromatic nitrogens is 3. The first-order valence-electron chi connectivity index (χ1n) is 11.5. The fourth-order valence-electron chi connectivity index (χ4n) is 4.64. The Balaban J connectivity index is 1.29. The third kappa shape index (κ3) is 3.48. The fourth-order valence-corrected chi connectivity index (χ4v) is 4.64. The van der Waals surface area contributed by atoms with Gasteiger partial charge < -0.3 is 15.4 Å². The second-order valence-electron chi connectivity index (χ2n) is 9.33. The average Bonchev–Trinajstić information content (AvgIpc) is 3.26. The molecule has 0 radical (unpaired) electrons. The predicted molar refractivity (Wildman–Crippen MR) is 130 cm³/mol. The van der Waals surface area contributed by atoms with Crippen molar-refractivity contribution in [1.82, 2.24) is 19.3 Å². The number of imidazole rings is 1.